The first-order valence-electron chi connectivity index (χ1n) is 5.99. The molecule has 2 N–H and O–H groups in total. The average Bonchev–Trinajstić information content (AvgIpc) is 2.77. The molecule has 1 aromatic heterocycles. The van der Waals surface area contributed by atoms with Gasteiger partial charge in [0.1, 0.15) is 11.5 Å². The van der Waals surface area contributed by atoms with Gasteiger partial charge < -0.3 is 14.9 Å². The van der Waals surface area contributed by atoms with Crippen LogP contribution in [0.4, 0.5) is 13.2 Å². The first-order valence-corrected chi connectivity index (χ1v) is 5.99. The minimum Gasteiger partial charge on any atom is -0.469 e. The summed E-state index contributed by atoms with van der Waals surface area (Å²) in [7, 11) is 0. The molecular formula is C14H14F3NO2. The Bertz CT molecular complexity index is 561. The molecule has 1 heterocycles. The van der Waals surface area contributed by atoms with E-state index in [9.17, 15) is 13.2 Å². The maximum absolute atomic E-state index is 12.0. The molecule has 0 amide bonds. The van der Waals surface area contributed by atoms with Crippen LogP contribution >= 0.6 is 0 Å². The zero-order valence-corrected chi connectivity index (χ0v) is 10.8. The van der Waals surface area contributed by atoms with Gasteiger partial charge in [-0.2, -0.15) is 0 Å². The van der Waals surface area contributed by atoms with Gasteiger partial charge in [0.2, 0.25) is 0 Å². The van der Waals surface area contributed by atoms with E-state index < -0.39 is 6.36 Å². The fourth-order valence-electron chi connectivity index (χ4n) is 1.86. The Morgan fingerprint density at radius 3 is 2.40 bits per heavy atom. The highest BCUT2D eigenvalue weighted by Crippen LogP contribution is 2.24. The Morgan fingerprint density at radius 1 is 1.25 bits per heavy atom. The summed E-state index contributed by atoms with van der Waals surface area (Å²) in [4.78, 5) is 0. The monoisotopic (exact) mass is 285 g/mol. The van der Waals surface area contributed by atoms with Crippen molar-refractivity contribution in [2.24, 2.45) is 5.73 Å². The summed E-state index contributed by atoms with van der Waals surface area (Å²) >= 11 is 0. The van der Waals surface area contributed by atoms with Crippen LogP contribution in [-0.2, 0) is 6.42 Å². The van der Waals surface area contributed by atoms with Crippen molar-refractivity contribution in [1.29, 1.82) is 0 Å². The van der Waals surface area contributed by atoms with Gasteiger partial charge in [0, 0.05) is 11.6 Å². The third-order valence-electron chi connectivity index (χ3n) is 2.79. The predicted octanol–water partition coefficient (Wildman–Crippen LogP) is 3.73. The maximum atomic E-state index is 12.0. The quantitative estimate of drug-likeness (QED) is 0.931. The lowest BCUT2D eigenvalue weighted by Crippen LogP contribution is -2.17. The van der Waals surface area contributed by atoms with Crippen LogP contribution in [0.15, 0.2) is 41.0 Å². The van der Waals surface area contributed by atoms with Gasteiger partial charge in [-0.15, -0.1) is 13.2 Å². The molecule has 2 rings (SSSR count). The molecule has 0 aliphatic heterocycles. The summed E-state index contributed by atoms with van der Waals surface area (Å²) in [6.07, 6.45) is -2.58. The molecule has 2 aromatic rings. The molecule has 1 unspecified atom stereocenters. The van der Waals surface area contributed by atoms with Gasteiger partial charge in [0.25, 0.3) is 0 Å². The Labute approximate surface area is 114 Å². The number of nitrogens with two attached hydrogens (primary N) is 1. The molecule has 0 spiro atoms. The van der Waals surface area contributed by atoms with Crippen LogP contribution in [0.25, 0.3) is 0 Å². The Morgan fingerprint density at radius 2 is 1.90 bits per heavy atom. The number of alkyl halides is 3. The number of hydrogen-bond donors (Lipinski definition) is 1. The van der Waals surface area contributed by atoms with Crippen LogP contribution in [-0.4, -0.2) is 6.36 Å². The maximum Gasteiger partial charge on any atom is 0.573 e. The van der Waals surface area contributed by atoms with E-state index in [-0.39, 0.29) is 11.8 Å². The van der Waals surface area contributed by atoms with Crippen LogP contribution in [0, 0.1) is 6.92 Å². The molecule has 20 heavy (non-hydrogen) atoms. The van der Waals surface area contributed by atoms with E-state index in [0.29, 0.717) is 6.42 Å². The van der Waals surface area contributed by atoms with Gasteiger partial charge in [0.05, 0.1) is 6.26 Å². The zero-order chi connectivity index (χ0) is 14.8. The molecule has 0 saturated carbocycles. The second-order valence-corrected chi connectivity index (χ2v) is 4.49. The third kappa shape index (κ3) is 4.03. The number of furan rings is 1. The number of hydrogen-bond acceptors (Lipinski definition) is 3. The van der Waals surface area contributed by atoms with E-state index in [4.69, 9.17) is 10.2 Å². The fourth-order valence-corrected chi connectivity index (χ4v) is 1.86. The molecule has 0 fully saturated rings. The number of rotatable bonds is 4. The van der Waals surface area contributed by atoms with Gasteiger partial charge in [0.15, 0.2) is 0 Å². The van der Waals surface area contributed by atoms with E-state index in [1.54, 1.807) is 18.4 Å². The van der Waals surface area contributed by atoms with Crippen molar-refractivity contribution in [2.75, 3.05) is 0 Å². The second kappa shape index (κ2) is 5.58. The third-order valence-corrected chi connectivity index (χ3v) is 2.79. The molecule has 1 atom stereocenters. The van der Waals surface area contributed by atoms with E-state index in [2.05, 4.69) is 4.74 Å². The lowest BCUT2D eigenvalue weighted by atomic mass is 10.0. The number of halogens is 3. The lowest BCUT2D eigenvalue weighted by Gasteiger charge is -2.11. The highest BCUT2D eigenvalue weighted by Gasteiger charge is 2.30. The smallest absolute Gasteiger partial charge is 0.469 e. The minimum atomic E-state index is -4.67. The summed E-state index contributed by atoms with van der Waals surface area (Å²) in [5.41, 5.74) is 7.69. The standard InChI is InChI=1S/C14H14F3NO2/c1-9-6-11(8-19-9)13(18)7-10-2-4-12(5-3-10)20-14(15,16)17/h2-6,8,13H,7,18H2,1H3. The predicted molar refractivity (Wildman–Crippen MR) is 67.2 cm³/mol. The molecular weight excluding hydrogens is 271 g/mol. The van der Waals surface area contributed by atoms with Crippen LogP contribution in [0.1, 0.15) is 22.9 Å². The van der Waals surface area contributed by atoms with Gasteiger partial charge >= 0.3 is 6.36 Å². The highest BCUT2D eigenvalue weighted by atomic mass is 19.4. The largest absolute Gasteiger partial charge is 0.573 e. The Hall–Kier alpha value is -1.95. The van der Waals surface area contributed by atoms with Crippen LogP contribution in [0.3, 0.4) is 0 Å². The van der Waals surface area contributed by atoms with Crippen LogP contribution in [0.2, 0.25) is 0 Å². The molecule has 0 aliphatic rings. The van der Waals surface area contributed by atoms with Crippen molar-refractivity contribution < 1.29 is 22.3 Å². The van der Waals surface area contributed by atoms with Gasteiger partial charge in [-0.3, -0.25) is 0 Å². The molecule has 6 heteroatoms. The molecule has 0 radical (unpaired) electrons. The van der Waals surface area contributed by atoms with Crippen LogP contribution in [0.5, 0.6) is 5.75 Å². The van der Waals surface area contributed by atoms with Gasteiger partial charge in [-0.25, -0.2) is 0 Å². The van der Waals surface area contributed by atoms with Gasteiger partial charge in [-0.05, 0) is 37.1 Å². The Balaban J connectivity index is 2.00. The van der Waals surface area contributed by atoms with Crippen molar-refractivity contribution in [1.82, 2.24) is 0 Å². The molecule has 0 bridgehead atoms. The summed E-state index contributed by atoms with van der Waals surface area (Å²) in [6.45, 7) is 1.82. The number of ether oxygens (including phenoxy) is 1. The van der Waals surface area contributed by atoms with E-state index in [1.165, 1.54) is 12.1 Å². The molecule has 0 saturated heterocycles. The van der Waals surface area contributed by atoms with Crippen molar-refractivity contribution in [3.63, 3.8) is 0 Å². The second-order valence-electron chi connectivity index (χ2n) is 4.49. The minimum absolute atomic E-state index is 0.242. The summed E-state index contributed by atoms with van der Waals surface area (Å²) < 4.78 is 45.0. The summed E-state index contributed by atoms with van der Waals surface area (Å²) in [5, 5.41) is 0. The van der Waals surface area contributed by atoms with Crippen molar-refractivity contribution >= 4 is 0 Å². The lowest BCUT2D eigenvalue weighted by molar-refractivity contribution is -0.274. The Kier molecular flexibility index (Phi) is 4.04. The zero-order valence-electron chi connectivity index (χ0n) is 10.8. The molecule has 0 aliphatic carbocycles. The van der Waals surface area contributed by atoms with E-state index >= 15 is 0 Å². The molecule has 1 aromatic carbocycles. The van der Waals surface area contributed by atoms with Crippen molar-refractivity contribution in [2.45, 2.75) is 25.7 Å². The highest BCUT2D eigenvalue weighted by molar-refractivity contribution is 5.29. The molecule has 108 valence electrons. The van der Waals surface area contributed by atoms with Crippen molar-refractivity contribution in [3.05, 3.63) is 53.5 Å². The van der Waals surface area contributed by atoms with E-state index in [1.807, 2.05) is 13.0 Å². The SMILES string of the molecule is Cc1cc(C(N)Cc2ccc(OC(F)(F)F)cc2)co1. The van der Waals surface area contributed by atoms with Crippen LogP contribution < -0.4 is 10.5 Å². The van der Waals surface area contributed by atoms with Gasteiger partial charge in [-0.1, -0.05) is 12.1 Å². The first kappa shape index (κ1) is 14.5. The molecule has 3 nitrogen and oxygen atoms in total. The summed E-state index contributed by atoms with van der Waals surface area (Å²) in [5.74, 6) is 0.526. The van der Waals surface area contributed by atoms with E-state index in [0.717, 1.165) is 16.9 Å². The number of benzene rings is 1. The summed E-state index contributed by atoms with van der Waals surface area (Å²) in [6, 6.07) is 7.25. The van der Waals surface area contributed by atoms with Crippen molar-refractivity contribution in [3.8, 4) is 5.75 Å². The first-order chi connectivity index (χ1) is 9.33. The average molecular weight is 285 g/mol. The fraction of sp³-hybridized carbons (Fsp3) is 0.286. The normalized spacial score (nSPS) is 13.2. The number of aryl methyl sites for hydroxylation is 1. The topological polar surface area (TPSA) is 48.4 Å².